The largest absolute Gasteiger partial charge is 0.361 e. The second kappa shape index (κ2) is 9.43. The molecular formula is C23H32N4O3. The molecule has 0 bridgehead atoms. The van der Waals surface area contributed by atoms with Crippen LogP contribution in [0.25, 0.3) is 0 Å². The van der Waals surface area contributed by atoms with Crippen molar-refractivity contribution in [2.75, 3.05) is 20.1 Å². The number of carbonyl (C=O) groups is 2. The van der Waals surface area contributed by atoms with Gasteiger partial charge in [-0.15, -0.1) is 0 Å². The van der Waals surface area contributed by atoms with Gasteiger partial charge in [-0.1, -0.05) is 35.0 Å². The fraction of sp³-hybridized carbons (Fsp3) is 0.522. The normalized spacial score (nSPS) is 19.9. The van der Waals surface area contributed by atoms with E-state index in [-0.39, 0.29) is 23.9 Å². The lowest BCUT2D eigenvalue weighted by atomic mass is 10.0. The lowest BCUT2D eigenvalue weighted by molar-refractivity contribution is -0.143. The van der Waals surface area contributed by atoms with Crippen LogP contribution in [0.3, 0.4) is 0 Å². The molecule has 7 nitrogen and oxygen atoms in total. The number of nitrogens with one attached hydrogen (secondary N) is 1. The number of benzene rings is 1. The molecule has 30 heavy (non-hydrogen) atoms. The summed E-state index contributed by atoms with van der Waals surface area (Å²) in [5.74, 6) is 0.882. The first kappa shape index (κ1) is 22.0. The topological polar surface area (TPSA) is 78.7 Å². The van der Waals surface area contributed by atoms with Crippen molar-refractivity contribution in [2.24, 2.45) is 0 Å². The number of carbonyl (C=O) groups excluding carboxylic acids is 2. The lowest BCUT2D eigenvalue weighted by Gasteiger charge is -2.44. The van der Waals surface area contributed by atoms with Gasteiger partial charge in [0.05, 0.1) is 11.7 Å². The molecular weight excluding hydrogens is 380 g/mol. The molecule has 2 heterocycles. The summed E-state index contributed by atoms with van der Waals surface area (Å²) < 4.78 is 5.17. The lowest BCUT2D eigenvalue weighted by Crippen LogP contribution is -2.62. The molecule has 1 saturated heterocycles. The molecule has 3 rings (SSSR count). The molecule has 0 spiro atoms. The van der Waals surface area contributed by atoms with Gasteiger partial charge < -0.3 is 14.7 Å². The van der Waals surface area contributed by atoms with Gasteiger partial charge >= 0.3 is 0 Å². The molecule has 0 aliphatic carbocycles. The minimum absolute atomic E-state index is 0.00212. The highest BCUT2D eigenvalue weighted by Crippen LogP contribution is 2.20. The van der Waals surface area contributed by atoms with E-state index in [4.69, 9.17) is 4.52 Å². The molecule has 162 valence electrons. The van der Waals surface area contributed by atoms with Crippen molar-refractivity contribution in [3.05, 3.63) is 52.4 Å². The van der Waals surface area contributed by atoms with Crippen LogP contribution < -0.4 is 5.32 Å². The zero-order valence-electron chi connectivity index (χ0n) is 18.6. The van der Waals surface area contributed by atoms with E-state index in [9.17, 15) is 9.59 Å². The molecule has 1 aliphatic heterocycles. The van der Waals surface area contributed by atoms with Crippen molar-refractivity contribution in [2.45, 2.75) is 59.2 Å². The molecule has 1 N–H and O–H groups in total. The van der Waals surface area contributed by atoms with Crippen LogP contribution in [-0.4, -0.2) is 59.0 Å². The average Bonchev–Trinajstić information content (AvgIpc) is 3.03. The van der Waals surface area contributed by atoms with Gasteiger partial charge in [-0.25, -0.2) is 0 Å². The van der Waals surface area contributed by atoms with Gasteiger partial charge in [0.2, 0.25) is 11.8 Å². The Morgan fingerprint density at radius 2 is 2.07 bits per heavy atom. The summed E-state index contributed by atoms with van der Waals surface area (Å²) in [4.78, 5) is 29.0. The van der Waals surface area contributed by atoms with E-state index in [0.29, 0.717) is 32.5 Å². The number of hydrogen-bond acceptors (Lipinski definition) is 5. The molecule has 0 unspecified atom stereocenters. The van der Waals surface area contributed by atoms with Gasteiger partial charge in [0.25, 0.3) is 0 Å². The van der Waals surface area contributed by atoms with Crippen LogP contribution >= 0.6 is 0 Å². The Morgan fingerprint density at radius 3 is 2.73 bits per heavy atom. The van der Waals surface area contributed by atoms with Crippen molar-refractivity contribution in [3.8, 4) is 0 Å². The standard InChI is InChI=1S/C23H32N4O3/c1-15-7-6-8-19(11-15)13-27-17(3)23(29)26(5)14-20(27)12-24-22(28)10-9-21-16(2)25-30-18(21)4/h6-8,11,17,20H,9-10,12-14H2,1-5H3,(H,24,28)/t17-,20+/m0/s1. The maximum absolute atomic E-state index is 12.6. The number of rotatable bonds is 7. The summed E-state index contributed by atoms with van der Waals surface area (Å²) in [6.45, 7) is 9.56. The second-order valence-electron chi connectivity index (χ2n) is 8.32. The predicted molar refractivity (Wildman–Crippen MR) is 115 cm³/mol. The maximum atomic E-state index is 12.6. The van der Waals surface area contributed by atoms with Crippen molar-refractivity contribution in [1.29, 1.82) is 0 Å². The third-order valence-corrected chi connectivity index (χ3v) is 5.95. The minimum atomic E-state index is -0.228. The van der Waals surface area contributed by atoms with E-state index < -0.39 is 0 Å². The minimum Gasteiger partial charge on any atom is -0.361 e. The van der Waals surface area contributed by atoms with Crippen LogP contribution in [0.5, 0.6) is 0 Å². The molecule has 2 amide bonds. The van der Waals surface area contributed by atoms with E-state index >= 15 is 0 Å². The molecule has 0 radical (unpaired) electrons. The quantitative estimate of drug-likeness (QED) is 0.755. The summed E-state index contributed by atoms with van der Waals surface area (Å²) in [6, 6.07) is 8.17. The number of aryl methyl sites for hydroxylation is 3. The zero-order valence-corrected chi connectivity index (χ0v) is 18.6. The van der Waals surface area contributed by atoms with Crippen LogP contribution in [-0.2, 0) is 22.6 Å². The Bertz CT molecular complexity index is 888. The number of hydrogen-bond donors (Lipinski definition) is 1. The Hall–Kier alpha value is -2.67. The molecule has 1 aromatic heterocycles. The van der Waals surface area contributed by atoms with Gasteiger partial charge in [0, 0.05) is 44.7 Å². The average molecular weight is 413 g/mol. The SMILES string of the molecule is Cc1cccc(CN2[C@H](CNC(=O)CCc3c(C)noc3C)CN(C)C(=O)[C@@H]2C)c1. The molecule has 2 atom stereocenters. The summed E-state index contributed by atoms with van der Waals surface area (Å²) in [5.41, 5.74) is 4.22. The van der Waals surface area contributed by atoms with Gasteiger partial charge in [-0.3, -0.25) is 14.5 Å². The van der Waals surface area contributed by atoms with E-state index in [2.05, 4.69) is 40.5 Å². The highest BCUT2D eigenvalue weighted by Gasteiger charge is 2.36. The number of piperazine rings is 1. The van der Waals surface area contributed by atoms with E-state index in [1.165, 1.54) is 11.1 Å². The van der Waals surface area contributed by atoms with Crippen molar-refractivity contribution in [3.63, 3.8) is 0 Å². The number of nitrogens with zero attached hydrogens (tertiary/aromatic N) is 3. The summed E-state index contributed by atoms with van der Waals surface area (Å²) in [5, 5.41) is 7.01. The van der Waals surface area contributed by atoms with Crippen LogP contribution in [0.15, 0.2) is 28.8 Å². The van der Waals surface area contributed by atoms with Crippen molar-refractivity contribution in [1.82, 2.24) is 20.3 Å². The first-order valence-electron chi connectivity index (χ1n) is 10.5. The van der Waals surface area contributed by atoms with Crippen LogP contribution in [0.2, 0.25) is 0 Å². The summed E-state index contributed by atoms with van der Waals surface area (Å²) in [6.07, 6.45) is 0.997. The highest BCUT2D eigenvalue weighted by molar-refractivity contribution is 5.82. The summed E-state index contributed by atoms with van der Waals surface area (Å²) >= 11 is 0. The Balaban J connectivity index is 1.62. The molecule has 1 aromatic carbocycles. The number of likely N-dealkylation sites (N-methyl/N-ethyl adjacent to an activating group) is 1. The first-order chi connectivity index (χ1) is 14.3. The van der Waals surface area contributed by atoms with Crippen LogP contribution in [0.1, 0.15) is 41.5 Å². The van der Waals surface area contributed by atoms with Gasteiger partial charge in [0.15, 0.2) is 0 Å². The third-order valence-electron chi connectivity index (χ3n) is 5.95. The van der Waals surface area contributed by atoms with Crippen molar-refractivity contribution >= 4 is 11.8 Å². The van der Waals surface area contributed by atoms with Crippen LogP contribution in [0, 0.1) is 20.8 Å². The third kappa shape index (κ3) is 5.08. The number of aromatic nitrogens is 1. The maximum Gasteiger partial charge on any atom is 0.239 e. The fourth-order valence-electron chi connectivity index (χ4n) is 4.17. The van der Waals surface area contributed by atoms with E-state index in [0.717, 1.165) is 17.0 Å². The smallest absolute Gasteiger partial charge is 0.239 e. The summed E-state index contributed by atoms with van der Waals surface area (Å²) in [7, 11) is 1.83. The van der Waals surface area contributed by atoms with Gasteiger partial charge in [0.1, 0.15) is 5.76 Å². The van der Waals surface area contributed by atoms with Gasteiger partial charge in [-0.05, 0) is 39.7 Å². The molecule has 1 aliphatic rings. The monoisotopic (exact) mass is 412 g/mol. The molecule has 1 fully saturated rings. The Morgan fingerprint density at radius 1 is 1.30 bits per heavy atom. The van der Waals surface area contributed by atoms with Gasteiger partial charge in [-0.2, -0.15) is 0 Å². The van der Waals surface area contributed by atoms with E-state index in [1.807, 2.05) is 33.9 Å². The predicted octanol–water partition coefficient (Wildman–Crippen LogP) is 2.38. The van der Waals surface area contributed by atoms with Crippen molar-refractivity contribution < 1.29 is 14.1 Å². The van der Waals surface area contributed by atoms with E-state index in [1.54, 1.807) is 4.90 Å². The van der Waals surface area contributed by atoms with Crippen LogP contribution in [0.4, 0.5) is 0 Å². The molecule has 2 aromatic rings. The zero-order chi connectivity index (χ0) is 21.8. The fourth-order valence-corrected chi connectivity index (χ4v) is 4.17. The Kier molecular flexibility index (Phi) is 6.92. The Labute approximate surface area is 178 Å². The highest BCUT2D eigenvalue weighted by atomic mass is 16.5. The molecule has 7 heteroatoms. The first-order valence-corrected chi connectivity index (χ1v) is 10.5. The second-order valence-corrected chi connectivity index (χ2v) is 8.32. The molecule has 0 saturated carbocycles. The number of amides is 2.